The van der Waals surface area contributed by atoms with E-state index in [0.717, 1.165) is 16.7 Å². The molecule has 12 N–H and O–H groups in total. The third-order valence-electron chi connectivity index (χ3n) is 20.2. The Balaban J connectivity index is 0.000000165. The van der Waals surface area contributed by atoms with Gasteiger partial charge < -0.3 is 43.4 Å². The van der Waals surface area contributed by atoms with E-state index in [0.29, 0.717) is 85.3 Å². The Hall–Kier alpha value is -7.93. The van der Waals surface area contributed by atoms with Crippen LogP contribution >= 0.6 is 78.9 Å². The zero-order valence-electron chi connectivity index (χ0n) is 62.3. The van der Waals surface area contributed by atoms with Gasteiger partial charge in [-0.25, -0.2) is 62.4 Å². The summed E-state index contributed by atoms with van der Waals surface area (Å²) >= 11 is 8.99. The van der Waals surface area contributed by atoms with Gasteiger partial charge >= 0.3 is 0 Å². The van der Waals surface area contributed by atoms with Crippen LogP contribution in [0.1, 0.15) is 72.3 Å². The highest BCUT2D eigenvalue weighted by molar-refractivity contribution is 9.10. The number of nitrogens with zero attached hydrogens (tertiary/aromatic N) is 8. The maximum atomic E-state index is 14.7. The van der Waals surface area contributed by atoms with Gasteiger partial charge in [-0.05, 0) is 134 Å². The summed E-state index contributed by atoms with van der Waals surface area (Å²) < 4.78 is 168. The van der Waals surface area contributed by atoms with E-state index in [1.54, 1.807) is 24.3 Å². The number of halogens is 14. The average Bonchev–Trinajstić information content (AvgIpc) is 1.51. The van der Waals surface area contributed by atoms with Crippen LogP contribution in [0.3, 0.4) is 0 Å². The molecule has 6 heterocycles. The van der Waals surface area contributed by atoms with Crippen molar-refractivity contribution in [3.05, 3.63) is 209 Å². The number of alkyl halides is 8. The predicted octanol–water partition coefficient (Wildman–Crippen LogP) is 15.6. The molecule has 2 aromatic heterocycles. The van der Waals surface area contributed by atoms with E-state index in [2.05, 4.69) is 146 Å². The molecular weight excluding hydrogens is 1740 g/mol. The molecule has 36 heteroatoms. The van der Waals surface area contributed by atoms with Crippen molar-refractivity contribution in [1.82, 2.24) is 9.97 Å². The summed E-state index contributed by atoms with van der Waals surface area (Å²) in [6, 6.07) is 22.7. The maximum absolute atomic E-state index is 14.7. The number of amidine groups is 4. The molecule has 114 heavy (non-hydrogen) atoms. The fraction of sp³-hybridized carbons (Fsp3) is 0.385. The van der Waals surface area contributed by atoms with Gasteiger partial charge in [0.15, 0.2) is 20.7 Å². The Morgan fingerprint density at radius 2 is 0.754 bits per heavy atom. The molecule has 12 atom stereocenters. The third kappa shape index (κ3) is 16.3. The molecule has 4 fully saturated rings. The number of terminal acetylenes is 2. The molecule has 0 amide bonds. The molecule has 4 aliphatic heterocycles. The molecule has 0 saturated heterocycles. The highest BCUT2D eigenvalue weighted by Crippen LogP contribution is 2.78. The molecule has 4 aromatic carbocycles. The molecular formula is C78H74Br2F12N12O4S4Si2. The quantitative estimate of drug-likeness (QED) is 0.0232. The number of aromatic nitrogens is 2. The largest absolute Gasteiger partial charge is 0.395 e. The number of pyridine rings is 2. The van der Waals surface area contributed by atoms with Crippen molar-refractivity contribution >= 4 is 127 Å². The first-order valence-corrected chi connectivity index (χ1v) is 46.0. The van der Waals surface area contributed by atoms with Crippen LogP contribution < -0.4 is 22.9 Å². The van der Waals surface area contributed by atoms with Crippen LogP contribution in [0.5, 0.6) is 0 Å². The molecule has 4 saturated carbocycles. The van der Waals surface area contributed by atoms with Gasteiger partial charge in [-0.15, -0.1) is 23.9 Å². The lowest BCUT2D eigenvalue weighted by Gasteiger charge is -2.32. The predicted molar refractivity (Wildman–Crippen MR) is 438 cm³/mol. The molecule has 8 aliphatic rings. The Labute approximate surface area is 686 Å². The molecule has 0 radical (unpaired) electrons. The standard InChI is InChI=1S/C21H15F3N4OS.C18H21F3N2OSSi.C15H13F3N2OS.C13H12BrF3N2OS.C6H3BrN2.C5H10Si/c1-19(17-20(11-29,21(17,23)24)30-18(25)28-19)15-9-12(4-8-16(15)22)3-5-13-6-7-14(26-2)10-27-13;1-16(14-17(10-24,18(14,20)21)25-15(22)23-16)12-9-11(5-6-13(12)19)7-8-26(2,3)4;1-3-8-4-5-10(16)9(6-8)13(2)11-14(7-21,15(11,17)18)22-12(19)20-13;1-11(7-4-6(14)2-3-8(7)15)9-12(5-20,13(9,16)17)21-10(18)19-11;1-8-5-2-3-6(7)9-4-5;1-5-6(2,3)4/h4,6-10,17,29H,11H2,1H3,(H2,25,28);5-6,9,14,24H,10H2,1-4H3,(H2,22,23);1,4-6,11,21H,7H2,2H3,(H2,19,20);2-4,9,20H,5H2,1H3,(H2,18,19);2-4H;1H,2-4H3/t17-,19+,20+;14-,16+,17+;11-,13+,14+;9-,11+,12+;;/m0000../s1. The summed E-state index contributed by atoms with van der Waals surface area (Å²) in [5.41, 5.74) is 25.1. The zero-order valence-corrected chi connectivity index (χ0v) is 70.7. The normalized spacial score (nSPS) is 29.6. The number of rotatable bonds is 8. The van der Waals surface area contributed by atoms with Crippen LogP contribution in [0.2, 0.25) is 39.3 Å². The minimum absolute atomic E-state index is 0.0307. The average molecular weight is 1820 g/mol. The van der Waals surface area contributed by atoms with Crippen LogP contribution in [0.4, 0.5) is 64.1 Å². The first-order valence-electron chi connectivity index (χ1n) is 34.2. The number of hydrogen-bond donors (Lipinski definition) is 8. The number of aliphatic hydroxyl groups is 4. The second-order valence-corrected chi connectivity index (χ2v) is 46.8. The molecule has 600 valence electrons. The fourth-order valence-corrected chi connectivity index (χ4v) is 21.1. The van der Waals surface area contributed by atoms with E-state index in [9.17, 15) is 73.1 Å². The highest BCUT2D eigenvalue weighted by Gasteiger charge is 2.91. The summed E-state index contributed by atoms with van der Waals surface area (Å²) in [4.78, 5) is 30.9. The Bertz CT molecular complexity index is 5250. The number of benzene rings is 4. The minimum atomic E-state index is -3.26. The van der Waals surface area contributed by atoms with Crippen molar-refractivity contribution in [3.8, 4) is 47.6 Å². The molecule has 14 rings (SSSR count). The number of fused-ring (bicyclic) bond motifs is 4. The van der Waals surface area contributed by atoms with Crippen LogP contribution in [0, 0.1) is 108 Å². The van der Waals surface area contributed by atoms with E-state index in [1.807, 2.05) is 0 Å². The number of nitrogens with two attached hydrogens (primary N) is 4. The summed E-state index contributed by atoms with van der Waals surface area (Å²) in [5, 5.41) is 37.8. The molecule has 6 aromatic rings. The van der Waals surface area contributed by atoms with Gasteiger partial charge in [0.1, 0.15) is 68.7 Å². The Morgan fingerprint density at radius 3 is 1.04 bits per heavy atom. The molecule has 16 nitrogen and oxygen atoms in total. The summed E-state index contributed by atoms with van der Waals surface area (Å²) in [6.07, 6.45) is 13.3. The lowest BCUT2D eigenvalue weighted by molar-refractivity contribution is 0.0676. The smallest absolute Gasteiger partial charge is 0.272 e. The molecule has 4 aliphatic carbocycles. The number of hydrogen-bond acceptors (Lipinski definition) is 18. The molecule has 0 unspecified atom stereocenters. The topological polar surface area (TPSA) is 269 Å². The second-order valence-electron chi connectivity index (χ2n) is 30.2. The zero-order chi connectivity index (χ0) is 85.1. The third-order valence-corrected chi connectivity index (χ3v) is 28.1. The lowest BCUT2D eigenvalue weighted by atomic mass is 9.84. The van der Waals surface area contributed by atoms with Crippen LogP contribution in [-0.2, 0) is 22.2 Å². The minimum Gasteiger partial charge on any atom is -0.395 e. The summed E-state index contributed by atoms with van der Waals surface area (Å²) in [6.45, 7) is 28.8. The van der Waals surface area contributed by atoms with Crippen molar-refractivity contribution in [2.24, 2.45) is 66.6 Å². The van der Waals surface area contributed by atoms with Crippen LogP contribution in [-0.4, -0.2) is 136 Å². The van der Waals surface area contributed by atoms with Gasteiger partial charge in [-0.2, -0.15) is 0 Å². The number of aliphatic imine (C=N–C) groups is 4. The number of thioether (sulfide) groups is 4. The number of aliphatic hydroxyl groups excluding tert-OH is 4. The van der Waals surface area contributed by atoms with Gasteiger partial charge in [-0.1, -0.05) is 132 Å². The van der Waals surface area contributed by atoms with Crippen molar-refractivity contribution < 1.29 is 73.1 Å². The fourth-order valence-electron chi connectivity index (χ4n) is 14.5. The highest BCUT2D eigenvalue weighted by atomic mass is 79.9. The molecule has 0 spiro atoms. The Kier molecular flexibility index (Phi) is 25.4. The SMILES string of the molecule is C#C[Si](C)(C)C.C#Cc1ccc(F)c([C@@]2(C)N=C(N)S[C@]3(CO)[C@H]2C3(F)F)c1.C[C@]1(c2cc(Br)ccc2F)N=C(N)S[C@]2(CO)[C@H]1C2(F)F.C[C@]1(c2cc(C#C[Si](C)(C)C)ccc2F)N=C(N)S[C@]2(CO)[C@H]1C2(F)F.[C-]#[N+]c1ccc(Br)nc1.[C-]#[N+]c1ccc(C#Cc2ccc(F)c([C@@]3(C)N=C(N)S[C@]4(CO)[C@H]3C4(F)F)c2)nc1. The van der Waals surface area contributed by atoms with Crippen LogP contribution in [0.25, 0.3) is 9.69 Å². The van der Waals surface area contributed by atoms with Gasteiger partial charge in [0.05, 0.1) is 85.4 Å². The van der Waals surface area contributed by atoms with E-state index in [4.69, 9.17) is 48.9 Å². The van der Waals surface area contributed by atoms with E-state index < -0.39 is 154 Å². The lowest BCUT2D eigenvalue weighted by Crippen LogP contribution is -2.37. The Morgan fingerprint density at radius 1 is 0.447 bits per heavy atom. The van der Waals surface area contributed by atoms with Gasteiger partial charge in [-0.3, -0.25) is 29.9 Å². The maximum Gasteiger partial charge on any atom is 0.272 e. The first-order chi connectivity index (χ1) is 52.8. The second kappa shape index (κ2) is 32.2. The van der Waals surface area contributed by atoms with E-state index in [1.165, 1.54) is 101 Å². The van der Waals surface area contributed by atoms with Crippen molar-refractivity contribution in [1.29, 1.82) is 0 Å². The first kappa shape index (κ1) is 90.0. The summed E-state index contributed by atoms with van der Waals surface area (Å²) in [7, 11) is -2.75. The van der Waals surface area contributed by atoms with Gasteiger partial charge in [0.25, 0.3) is 23.7 Å². The van der Waals surface area contributed by atoms with E-state index in [-0.39, 0.29) is 42.9 Å². The van der Waals surface area contributed by atoms with Gasteiger partial charge in [0, 0.05) is 55.8 Å². The van der Waals surface area contributed by atoms with Gasteiger partial charge in [0.2, 0.25) is 11.4 Å². The summed E-state index contributed by atoms with van der Waals surface area (Å²) in [5.74, 6) is -9.87. The van der Waals surface area contributed by atoms with Crippen LogP contribution in [0.15, 0.2) is 139 Å². The monoisotopic (exact) mass is 1810 g/mol. The van der Waals surface area contributed by atoms with Crippen molar-refractivity contribution in [3.63, 3.8) is 0 Å². The van der Waals surface area contributed by atoms with Crippen molar-refractivity contribution in [2.45, 2.75) is 132 Å². The van der Waals surface area contributed by atoms with Crippen molar-refractivity contribution in [2.75, 3.05) is 26.4 Å². The van der Waals surface area contributed by atoms with E-state index >= 15 is 0 Å². The molecule has 0 bridgehead atoms.